The smallest absolute Gasteiger partial charge is 0.131 e. The van der Waals surface area contributed by atoms with Gasteiger partial charge in [-0.3, -0.25) is 4.68 Å². The maximum atomic E-state index is 13.5. The SMILES string of the molecule is COCCNCc1cnn(Cc2ccc(F)cc2F)c1. The fourth-order valence-corrected chi connectivity index (χ4v) is 1.82. The highest BCUT2D eigenvalue weighted by molar-refractivity contribution is 5.19. The van der Waals surface area contributed by atoms with Gasteiger partial charge in [-0.1, -0.05) is 6.07 Å². The molecule has 0 atom stereocenters. The van der Waals surface area contributed by atoms with Crippen molar-refractivity contribution in [1.29, 1.82) is 0 Å². The van der Waals surface area contributed by atoms with E-state index >= 15 is 0 Å². The summed E-state index contributed by atoms with van der Waals surface area (Å²) in [7, 11) is 1.65. The summed E-state index contributed by atoms with van der Waals surface area (Å²) in [6.45, 7) is 2.36. The van der Waals surface area contributed by atoms with Gasteiger partial charge in [-0.2, -0.15) is 5.10 Å². The minimum Gasteiger partial charge on any atom is -0.383 e. The Balaban J connectivity index is 1.92. The zero-order valence-electron chi connectivity index (χ0n) is 11.3. The molecule has 2 rings (SSSR count). The number of hydrogen-bond acceptors (Lipinski definition) is 3. The molecule has 20 heavy (non-hydrogen) atoms. The van der Waals surface area contributed by atoms with E-state index in [1.165, 1.54) is 12.1 Å². The lowest BCUT2D eigenvalue weighted by Crippen LogP contribution is -2.18. The summed E-state index contributed by atoms with van der Waals surface area (Å²) in [5.74, 6) is -1.13. The number of rotatable bonds is 7. The Morgan fingerprint density at radius 2 is 2.20 bits per heavy atom. The van der Waals surface area contributed by atoms with Crippen LogP contribution < -0.4 is 5.32 Å². The van der Waals surface area contributed by atoms with E-state index in [0.717, 1.165) is 18.2 Å². The fourth-order valence-electron chi connectivity index (χ4n) is 1.82. The summed E-state index contributed by atoms with van der Waals surface area (Å²) >= 11 is 0. The number of nitrogens with one attached hydrogen (secondary N) is 1. The monoisotopic (exact) mass is 281 g/mol. The summed E-state index contributed by atoms with van der Waals surface area (Å²) in [5.41, 5.74) is 1.41. The Bertz CT molecular complexity index is 557. The van der Waals surface area contributed by atoms with Gasteiger partial charge in [0.15, 0.2) is 0 Å². The first-order valence-corrected chi connectivity index (χ1v) is 6.34. The number of hydrogen-bond donors (Lipinski definition) is 1. The quantitative estimate of drug-likeness (QED) is 0.788. The number of benzene rings is 1. The molecule has 108 valence electrons. The molecule has 0 bridgehead atoms. The molecule has 0 spiro atoms. The molecule has 0 aliphatic rings. The molecule has 1 heterocycles. The number of methoxy groups -OCH3 is 1. The Morgan fingerprint density at radius 3 is 2.95 bits per heavy atom. The van der Waals surface area contributed by atoms with E-state index < -0.39 is 11.6 Å². The van der Waals surface area contributed by atoms with E-state index in [2.05, 4.69) is 10.4 Å². The van der Waals surface area contributed by atoms with Crippen molar-refractivity contribution in [1.82, 2.24) is 15.1 Å². The van der Waals surface area contributed by atoms with Crippen molar-refractivity contribution in [3.63, 3.8) is 0 Å². The number of ether oxygens (including phenoxy) is 1. The molecule has 0 saturated carbocycles. The van der Waals surface area contributed by atoms with Gasteiger partial charge in [0.1, 0.15) is 11.6 Å². The van der Waals surface area contributed by atoms with Crippen LogP contribution in [0.5, 0.6) is 0 Å². The van der Waals surface area contributed by atoms with Crippen LogP contribution in [0, 0.1) is 11.6 Å². The predicted octanol–water partition coefficient (Wildman–Crippen LogP) is 1.95. The largest absolute Gasteiger partial charge is 0.383 e. The van der Waals surface area contributed by atoms with Gasteiger partial charge in [0, 0.05) is 43.6 Å². The van der Waals surface area contributed by atoms with Gasteiger partial charge in [0.2, 0.25) is 0 Å². The molecule has 4 nitrogen and oxygen atoms in total. The molecule has 0 radical (unpaired) electrons. The van der Waals surface area contributed by atoms with Crippen molar-refractivity contribution < 1.29 is 13.5 Å². The molecular weight excluding hydrogens is 264 g/mol. The lowest BCUT2D eigenvalue weighted by atomic mass is 10.2. The zero-order valence-corrected chi connectivity index (χ0v) is 11.3. The van der Waals surface area contributed by atoms with Gasteiger partial charge in [0.05, 0.1) is 19.3 Å². The maximum absolute atomic E-state index is 13.5. The first-order valence-electron chi connectivity index (χ1n) is 6.34. The van der Waals surface area contributed by atoms with Crippen LogP contribution in [-0.2, 0) is 17.8 Å². The van der Waals surface area contributed by atoms with E-state index in [0.29, 0.717) is 18.7 Å². The lowest BCUT2D eigenvalue weighted by Gasteiger charge is -2.04. The number of halogens is 2. The molecule has 1 aromatic carbocycles. The molecule has 1 aromatic heterocycles. The van der Waals surface area contributed by atoms with Crippen LogP contribution in [0.25, 0.3) is 0 Å². The van der Waals surface area contributed by atoms with Crippen LogP contribution in [0.3, 0.4) is 0 Å². The molecule has 0 amide bonds. The average molecular weight is 281 g/mol. The number of nitrogens with zero attached hydrogens (tertiary/aromatic N) is 2. The highest BCUT2D eigenvalue weighted by atomic mass is 19.1. The van der Waals surface area contributed by atoms with Crippen molar-refractivity contribution in [3.8, 4) is 0 Å². The standard InChI is InChI=1S/C14H17F2N3O/c1-20-5-4-17-7-11-8-18-19(9-11)10-12-2-3-13(15)6-14(12)16/h2-3,6,8-9,17H,4-5,7,10H2,1H3. The van der Waals surface area contributed by atoms with Gasteiger partial charge >= 0.3 is 0 Å². The summed E-state index contributed by atoms with van der Waals surface area (Å²) in [4.78, 5) is 0. The Hall–Kier alpha value is -1.79. The summed E-state index contributed by atoms with van der Waals surface area (Å²) in [6.07, 6.45) is 3.56. The van der Waals surface area contributed by atoms with Gasteiger partial charge in [-0.15, -0.1) is 0 Å². The molecule has 6 heteroatoms. The van der Waals surface area contributed by atoms with Crippen molar-refractivity contribution in [3.05, 3.63) is 53.4 Å². The molecular formula is C14H17F2N3O. The van der Waals surface area contributed by atoms with Crippen molar-refractivity contribution in [2.45, 2.75) is 13.1 Å². The molecule has 0 fully saturated rings. The average Bonchev–Trinajstić information content (AvgIpc) is 2.86. The second kappa shape index (κ2) is 7.12. The second-order valence-corrected chi connectivity index (χ2v) is 4.45. The molecule has 0 aliphatic heterocycles. The summed E-state index contributed by atoms with van der Waals surface area (Å²) in [5, 5.41) is 7.36. The normalized spacial score (nSPS) is 10.9. The van der Waals surface area contributed by atoms with E-state index in [9.17, 15) is 8.78 Å². The van der Waals surface area contributed by atoms with Crippen molar-refractivity contribution in [2.24, 2.45) is 0 Å². The van der Waals surface area contributed by atoms with Gasteiger partial charge in [0.25, 0.3) is 0 Å². The first-order chi connectivity index (χ1) is 9.69. The maximum Gasteiger partial charge on any atom is 0.131 e. The topological polar surface area (TPSA) is 39.1 Å². The van der Waals surface area contributed by atoms with E-state index in [1.54, 1.807) is 18.0 Å². The number of aromatic nitrogens is 2. The van der Waals surface area contributed by atoms with Crippen LogP contribution in [0.4, 0.5) is 8.78 Å². The molecule has 0 aliphatic carbocycles. The van der Waals surface area contributed by atoms with Crippen LogP contribution in [-0.4, -0.2) is 30.0 Å². The van der Waals surface area contributed by atoms with E-state index in [-0.39, 0.29) is 6.54 Å². The molecule has 0 unspecified atom stereocenters. The summed E-state index contributed by atoms with van der Waals surface area (Å²) < 4.78 is 32.9. The fraction of sp³-hybridized carbons (Fsp3) is 0.357. The molecule has 2 aromatic rings. The van der Waals surface area contributed by atoms with Crippen molar-refractivity contribution in [2.75, 3.05) is 20.3 Å². The minimum atomic E-state index is -0.574. The van der Waals surface area contributed by atoms with E-state index in [1.807, 2.05) is 6.20 Å². The van der Waals surface area contributed by atoms with Crippen LogP contribution in [0.15, 0.2) is 30.6 Å². The summed E-state index contributed by atoms with van der Waals surface area (Å²) in [6, 6.07) is 3.56. The van der Waals surface area contributed by atoms with E-state index in [4.69, 9.17) is 4.74 Å². The molecule has 1 N–H and O–H groups in total. The van der Waals surface area contributed by atoms with Crippen LogP contribution >= 0.6 is 0 Å². The Morgan fingerprint density at radius 1 is 1.35 bits per heavy atom. The predicted molar refractivity (Wildman–Crippen MR) is 71.3 cm³/mol. The third-order valence-corrected chi connectivity index (χ3v) is 2.85. The van der Waals surface area contributed by atoms with Crippen LogP contribution in [0.1, 0.15) is 11.1 Å². The second-order valence-electron chi connectivity index (χ2n) is 4.45. The highest BCUT2D eigenvalue weighted by Crippen LogP contribution is 2.11. The van der Waals surface area contributed by atoms with Gasteiger partial charge in [-0.25, -0.2) is 8.78 Å². The third kappa shape index (κ3) is 4.11. The zero-order chi connectivity index (χ0) is 14.4. The highest BCUT2D eigenvalue weighted by Gasteiger charge is 2.05. The minimum absolute atomic E-state index is 0.282. The Kier molecular flexibility index (Phi) is 5.20. The molecule has 0 saturated heterocycles. The lowest BCUT2D eigenvalue weighted by molar-refractivity contribution is 0.199. The first kappa shape index (κ1) is 14.6. The Labute approximate surface area is 116 Å². The van der Waals surface area contributed by atoms with Crippen molar-refractivity contribution >= 4 is 0 Å². The third-order valence-electron chi connectivity index (χ3n) is 2.85. The van der Waals surface area contributed by atoms with Crippen LogP contribution in [0.2, 0.25) is 0 Å². The van der Waals surface area contributed by atoms with Gasteiger partial charge in [-0.05, 0) is 6.07 Å². The van der Waals surface area contributed by atoms with Gasteiger partial charge < -0.3 is 10.1 Å².